The van der Waals surface area contributed by atoms with Gasteiger partial charge in [-0.15, -0.1) is 13.2 Å². The van der Waals surface area contributed by atoms with Gasteiger partial charge in [0.05, 0.1) is 11.5 Å². The van der Waals surface area contributed by atoms with E-state index in [0.717, 1.165) is 18.3 Å². The van der Waals surface area contributed by atoms with E-state index in [-0.39, 0.29) is 34.4 Å². The first-order chi connectivity index (χ1) is 12.0. The van der Waals surface area contributed by atoms with Gasteiger partial charge in [0.2, 0.25) is 5.43 Å². The molecule has 7 nitrogen and oxygen atoms in total. The van der Waals surface area contributed by atoms with Crippen molar-refractivity contribution in [2.24, 2.45) is 0 Å². The van der Waals surface area contributed by atoms with Gasteiger partial charge in [-0.25, -0.2) is 8.42 Å². The van der Waals surface area contributed by atoms with Crippen LogP contribution in [0.5, 0.6) is 5.75 Å². The number of sulfone groups is 1. The zero-order valence-electron chi connectivity index (χ0n) is 13.1. The summed E-state index contributed by atoms with van der Waals surface area (Å²) in [7, 11) is -3.21. The molecule has 0 aliphatic carbocycles. The summed E-state index contributed by atoms with van der Waals surface area (Å²) in [6.07, 6.45) is -3.54. The number of pyridine rings is 1. The minimum Gasteiger partial charge on any atom is -0.406 e. The quantitative estimate of drug-likeness (QED) is 0.823. The van der Waals surface area contributed by atoms with Crippen LogP contribution < -0.4 is 15.5 Å². The lowest BCUT2D eigenvalue weighted by Gasteiger charge is -2.12. The molecule has 0 saturated carbocycles. The largest absolute Gasteiger partial charge is 0.573 e. The molecule has 140 valence electrons. The molecule has 2 aromatic rings. The number of amides is 1. The summed E-state index contributed by atoms with van der Waals surface area (Å²) in [6, 6.07) is 2.54. The molecule has 1 aliphatic rings. The predicted octanol–water partition coefficient (Wildman–Crippen LogP) is 1.34. The minimum absolute atomic E-state index is 0.0514. The van der Waals surface area contributed by atoms with Crippen LogP contribution in [0.4, 0.5) is 13.2 Å². The van der Waals surface area contributed by atoms with Gasteiger partial charge in [0.25, 0.3) is 5.91 Å². The highest BCUT2D eigenvalue weighted by Crippen LogP contribution is 2.24. The smallest absolute Gasteiger partial charge is 0.406 e. The van der Waals surface area contributed by atoms with E-state index in [1.165, 1.54) is 6.07 Å². The Bertz CT molecular complexity index is 1030. The second kappa shape index (κ2) is 6.31. The molecule has 0 radical (unpaired) electrons. The van der Waals surface area contributed by atoms with Gasteiger partial charge in [-0.2, -0.15) is 0 Å². The third-order valence-electron chi connectivity index (χ3n) is 3.90. The first-order valence-corrected chi connectivity index (χ1v) is 9.29. The number of carbonyl (C=O) groups excluding carboxylic acids is 1. The summed E-state index contributed by atoms with van der Waals surface area (Å²) in [4.78, 5) is 27.4. The zero-order valence-corrected chi connectivity index (χ0v) is 13.9. The van der Waals surface area contributed by atoms with E-state index in [4.69, 9.17) is 0 Å². The molecule has 1 aromatic carbocycles. The van der Waals surface area contributed by atoms with Crippen LogP contribution in [0.25, 0.3) is 10.9 Å². The van der Waals surface area contributed by atoms with E-state index in [1.54, 1.807) is 0 Å². The summed E-state index contributed by atoms with van der Waals surface area (Å²) >= 11 is 0. The van der Waals surface area contributed by atoms with Crippen LogP contribution >= 0.6 is 0 Å². The molecule has 1 amide bonds. The van der Waals surface area contributed by atoms with Crippen molar-refractivity contribution in [3.05, 3.63) is 40.2 Å². The van der Waals surface area contributed by atoms with Crippen LogP contribution in [0, 0.1) is 0 Å². The maximum absolute atomic E-state index is 12.5. The molecule has 26 heavy (non-hydrogen) atoms. The van der Waals surface area contributed by atoms with Crippen molar-refractivity contribution in [2.45, 2.75) is 18.8 Å². The third kappa shape index (κ3) is 3.98. The van der Waals surface area contributed by atoms with Gasteiger partial charge in [0.1, 0.15) is 11.3 Å². The Balaban J connectivity index is 1.90. The topological polar surface area (TPSA) is 105 Å². The summed E-state index contributed by atoms with van der Waals surface area (Å²) in [6.45, 7) is 0. The molecule has 3 rings (SSSR count). The first kappa shape index (κ1) is 18.2. The Morgan fingerprint density at radius 1 is 1.31 bits per heavy atom. The van der Waals surface area contributed by atoms with Crippen molar-refractivity contribution in [1.82, 2.24) is 10.3 Å². The van der Waals surface area contributed by atoms with Crippen LogP contribution in [-0.4, -0.2) is 43.2 Å². The number of rotatable bonds is 3. The lowest BCUT2D eigenvalue weighted by atomic mass is 10.1. The number of carbonyl (C=O) groups is 1. The van der Waals surface area contributed by atoms with E-state index in [9.17, 15) is 31.2 Å². The first-order valence-electron chi connectivity index (χ1n) is 7.46. The van der Waals surface area contributed by atoms with Gasteiger partial charge in [-0.1, -0.05) is 0 Å². The van der Waals surface area contributed by atoms with E-state index in [0.29, 0.717) is 0 Å². The molecule has 1 fully saturated rings. The monoisotopic (exact) mass is 390 g/mol. The Morgan fingerprint density at radius 3 is 2.65 bits per heavy atom. The molecular formula is C15H13F3N2O5S. The van der Waals surface area contributed by atoms with Crippen molar-refractivity contribution in [3.8, 4) is 5.75 Å². The SMILES string of the molecule is O=C(N[C@H]1CCS(=O)(=O)C1)c1c[nH]c2ccc(OC(F)(F)F)cc2c1=O. The van der Waals surface area contributed by atoms with Crippen LogP contribution in [0.3, 0.4) is 0 Å². The predicted molar refractivity (Wildman–Crippen MR) is 85.8 cm³/mol. The van der Waals surface area contributed by atoms with Gasteiger partial charge in [-0.3, -0.25) is 9.59 Å². The molecule has 1 aliphatic heterocycles. The van der Waals surface area contributed by atoms with E-state index >= 15 is 0 Å². The van der Waals surface area contributed by atoms with Gasteiger partial charge >= 0.3 is 6.36 Å². The lowest BCUT2D eigenvalue weighted by Crippen LogP contribution is -2.38. The highest BCUT2D eigenvalue weighted by molar-refractivity contribution is 7.91. The van der Waals surface area contributed by atoms with Crippen molar-refractivity contribution >= 4 is 26.6 Å². The maximum Gasteiger partial charge on any atom is 0.573 e. The maximum atomic E-state index is 12.5. The van der Waals surface area contributed by atoms with E-state index in [2.05, 4.69) is 15.0 Å². The summed E-state index contributed by atoms with van der Waals surface area (Å²) in [5.74, 6) is -1.65. The Hall–Kier alpha value is -2.56. The average molecular weight is 390 g/mol. The number of ether oxygens (including phenoxy) is 1. The van der Waals surface area contributed by atoms with Gasteiger partial charge < -0.3 is 15.0 Å². The van der Waals surface area contributed by atoms with Crippen LogP contribution in [0.1, 0.15) is 16.8 Å². The average Bonchev–Trinajstić information content (AvgIpc) is 2.85. The molecule has 2 N–H and O–H groups in total. The normalized spacial score (nSPS) is 19.4. The van der Waals surface area contributed by atoms with Crippen LogP contribution in [0.15, 0.2) is 29.2 Å². The summed E-state index contributed by atoms with van der Waals surface area (Å²) in [5.41, 5.74) is -0.889. The second-order valence-corrected chi connectivity index (χ2v) is 8.09. The van der Waals surface area contributed by atoms with E-state index < -0.39 is 39.3 Å². The third-order valence-corrected chi connectivity index (χ3v) is 5.67. The number of alkyl halides is 3. The van der Waals surface area contributed by atoms with Crippen LogP contribution in [-0.2, 0) is 9.84 Å². The molecule has 0 bridgehead atoms. The molecular weight excluding hydrogens is 377 g/mol. The van der Waals surface area contributed by atoms with Gasteiger partial charge in [-0.05, 0) is 24.6 Å². The molecule has 2 heterocycles. The Labute approximate surface area is 145 Å². The number of hydrogen-bond donors (Lipinski definition) is 2. The highest BCUT2D eigenvalue weighted by Gasteiger charge is 2.32. The fourth-order valence-corrected chi connectivity index (χ4v) is 4.41. The van der Waals surface area contributed by atoms with Crippen molar-refractivity contribution in [1.29, 1.82) is 0 Å². The Morgan fingerprint density at radius 2 is 2.04 bits per heavy atom. The number of H-pyrrole nitrogens is 1. The second-order valence-electron chi connectivity index (χ2n) is 5.86. The molecule has 1 atom stereocenters. The van der Waals surface area contributed by atoms with Crippen molar-refractivity contribution in [2.75, 3.05) is 11.5 Å². The van der Waals surface area contributed by atoms with Crippen molar-refractivity contribution in [3.63, 3.8) is 0 Å². The number of benzene rings is 1. The highest BCUT2D eigenvalue weighted by atomic mass is 32.2. The van der Waals surface area contributed by atoms with Crippen molar-refractivity contribution < 1.29 is 31.1 Å². The Kier molecular flexibility index (Phi) is 4.42. The molecule has 1 saturated heterocycles. The molecule has 0 spiro atoms. The van der Waals surface area contributed by atoms with Gasteiger partial charge in [0.15, 0.2) is 9.84 Å². The van der Waals surface area contributed by atoms with Gasteiger partial charge in [0, 0.05) is 23.1 Å². The summed E-state index contributed by atoms with van der Waals surface area (Å²) in [5, 5.41) is 2.31. The fraction of sp³-hybridized carbons (Fsp3) is 0.333. The number of fused-ring (bicyclic) bond motifs is 1. The molecule has 1 aromatic heterocycles. The molecule has 0 unspecified atom stereocenters. The fourth-order valence-electron chi connectivity index (χ4n) is 2.74. The summed E-state index contributed by atoms with van der Waals surface area (Å²) < 4.78 is 63.6. The lowest BCUT2D eigenvalue weighted by molar-refractivity contribution is -0.274. The zero-order chi connectivity index (χ0) is 19.1. The van der Waals surface area contributed by atoms with E-state index in [1.807, 2.05) is 0 Å². The van der Waals surface area contributed by atoms with Crippen LogP contribution in [0.2, 0.25) is 0 Å². The number of hydrogen-bond acceptors (Lipinski definition) is 5. The number of halogens is 3. The minimum atomic E-state index is -4.91. The number of aromatic amines is 1. The molecule has 11 heteroatoms. The number of nitrogens with one attached hydrogen (secondary N) is 2. The standard InChI is InChI=1S/C15H13F3N2O5S/c16-15(17,18)25-9-1-2-12-10(5-9)13(21)11(6-19-12)14(22)20-8-3-4-26(23,24)7-8/h1-2,5-6,8H,3-4,7H2,(H,19,21)(H,20,22)/t8-/m0/s1. The number of aromatic nitrogens is 1.